The van der Waals surface area contributed by atoms with Gasteiger partial charge in [-0.25, -0.2) is 0 Å². The smallest absolute Gasteiger partial charge is 0.392 e. The molecule has 1 aromatic rings. The average molecular weight is 296 g/mol. The van der Waals surface area contributed by atoms with Crippen molar-refractivity contribution in [3.8, 4) is 0 Å². The number of benzene rings is 1. The molecule has 3 aliphatic carbocycles. The Bertz CT molecular complexity index is 520. The summed E-state index contributed by atoms with van der Waals surface area (Å²) in [5.41, 5.74) is 0.176. The summed E-state index contributed by atoms with van der Waals surface area (Å²) in [6, 6.07) is 5.22. The Morgan fingerprint density at radius 3 is 2.14 bits per heavy atom. The summed E-state index contributed by atoms with van der Waals surface area (Å²) in [6.45, 7) is 0. The molecule has 1 nitrogen and oxygen atoms in total. The predicted molar refractivity (Wildman–Crippen MR) is 72.5 cm³/mol. The minimum absolute atomic E-state index is 0.389. The van der Waals surface area contributed by atoms with Gasteiger partial charge in [0.25, 0.3) is 0 Å². The number of hydrogen-bond acceptors (Lipinski definition) is 1. The van der Waals surface area contributed by atoms with Crippen LogP contribution in [-0.2, 0) is 12.6 Å². The lowest BCUT2D eigenvalue weighted by Crippen LogP contribution is -2.18. The van der Waals surface area contributed by atoms with Gasteiger partial charge in [0.2, 0.25) is 0 Å². The van der Waals surface area contributed by atoms with E-state index >= 15 is 0 Å². The topological polar surface area (TPSA) is 20.2 Å². The zero-order chi connectivity index (χ0) is 14.8. The van der Waals surface area contributed by atoms with Crippen LogP contribution in [0, 0.1) is 29.6 Å². The second-order valence-electron chi connectivity index (χ2n) is 7.03. The van der Waals surface area contributed by atoms with Gasteiger partial charge < -0.3 is 5.11 Å². The number of aliphatic hydroxyl groups is 1. The van der Waals surface area contributed by atoms with Gasteiger partial charge in [-0.1, -0.05) is 12.1 Å². The SMILES string of the molecule is OC(Cc1ccc(C(F)(F)F)cc1)C1C2C3CCC(C3)C12. The molecule has 114 valence electrons. The van der Waals surface area contributed by atoms with Gasteiger partial charge in [0, 0.05) is 0 Å². The lowest BCUT2D eigenvalue weighted by Gasteiger charge is -2.15. The van der Waals surface area contributed by atoms with Crippen molar-refractivity contribution in [1.82, 2.24) is 0 Å². The molecule has 5 unspecified atom stereocenters. The maximum Gasteiger partial charge on any atom is 0.416 e. The minimum Gasteiger partial charge on any atom is -0.392 e. The third-order valence-corrected chi connectivity index (χ3v) is 5.97. The van der Waals surface area contributed by atoms with Crippen LogP contribution in [0.4, 0.5) is 13.2 Å². The van der Waals surface area contributed by atoms with E-state index in [9.17, 15) is 18.3 Å². The summed E-state index contributed by atoms with van der Waals surface area (Å²) in [5, 5.41) is 10.4. The number of halogens is 3. The fraction of sp³-hybridized carbons (Fsp3) is 0.647. The van der Waals surface area contributed by atoms with Crippen LogP contribution in [0.5, 0.6) is 0 Å². The first-order chi connectivity index (χ1) is 9.95. The lowest BCUT2D eigenvalue weighted by molar-refractivity contribution is -0.137. The molecule has 2 bridgehead atoms. The van der Waals surface area contributed by atoms with E-state index < -0.39 is 11.7 Å². The van der Waals surface area contributed by atoms with Gasteiger partial charge in [-0.3, -0.25) is 0 Å². The molecule has 0 heterocycles. The van der Waals surface area contributed by atoms with Crippen LogP contribution in [0.25, 0.3) is 0 Å². The molecule has 0 aliphatic heterocycles. The normalized spacial score (nSPS) is 38.4. The van der Waals surface area contributed by atoms with Gasteiger partial charge in [-0.05, 0) is 73.0 Å². The molecule has 3 saturated carbocycles. The maximum atomic E-state index is 12.5. The van der Waals surface area contributed by atoms with Crippen LogP contribution >= 0.6 is 0 Å². The average Bonchev–Trinajstić information content (AvgIpc) is 2.88. The highest BCUT2D eigenvalue weighted by atomic mass is 19.4. The largest absolute Gasteiger partial charge is 0.416 e. The van der Waals surface area contributed by atoms with Crippen LogP contribution in [0.15, 0.2) is 24.3 Å². The van der Waals surface area contributed by atoms with Crippen molar-refractivity contribution in [3.63, 3.8) is 0 Å². The second-order valence-corrected chi connectivity index (χ2v) is 7.03. The molecule has 3 aliphatic rings. The summed E-state index contributed by atoms with van der Waals surface area (Å²) < 4.78 is 37.6. The Morgan fingerprint density at radius 2 is 1.62 bits per heavy atom. The summed E-state index contributed by atoms with van der Waals surface area (Å²) in [7, 11) is 0. The first kappa shape index (κ1) is 13.6. The first-order valence-electron chi connectivity index (χ1n) is 7.79. The summed E-state index contributed by atoms with van der Waals surface area (Å²) in [4.78, 5) is 0. The highest BCUT2D eigenvalue weighted by Crippen LogP contribution is 2.70. The number of aliphatic hydroxyl groups excluding tert-OH is 1. The molecule has 0 amide bonds. The van der Waals surface area contributed by atoms with Crippen molar-refractivity contribution in [3.05, 3.63) is 35.4 Å². The fourth-order valence-electron chi connectivity index (χ4n) is 5.11. The van der Waals surface area contributed by atoms with E-state index in [2.05, 4.69) is 0 Å². The molecule has 4 rings (SSSR count). The van der Waals surface area contributed by atoms with Crippen molar-refractivity contribution in [2.24, 2.45) is 29.6 Å². The molecule has 0 spiro atoms. The van der Waals surface area contributed by atoms with Crippen LogP contribution in [-0.4, -0.2) is 11.2 Å². The van der Waals surface area contributed by atoms with Crippen LogP contribution in [0.1, 0.15) is 30.4 Å². The molecule has 21 heavy (non-hydrogen) atoms. The van der Waals surface area contributed by atoms with Crippen LogP contribution in [0.2, 0.25) is 0 Å². The monoisotopic (exact) mass is 296 g/mol. The summed E-state index contributed by atoms with van der Waals surface area (Å²) >= 11 is 0. The third-order valence-electron chi connectivity index (χ3n) is 5.97. The Labute approximate surface area is 122 Å². The molecule has 0 saturated heterocycles. The van der Waals surface area contributed by atoms with Crippen molar-refractivity contribution >= 4 is 0 Å². The van der Waals surface area contributed by atoms with E-state index in [1.807, 2.05) is 0 Å². The van der Waals surface area contributed by atoms with E-state index in [4.69, 9.17) is 0 Å². The molecule has 5 atom stereocenters. The Balaban J connectivity index is 1.40. The number of rotatable bonds is 3. The first-order valence-corrected chi connectivity index (χ1v) is 7.79. The minimum atomic E-state index is -4.29. The Morgan fingerprint density at radius 1 is 1.05 bits per heavy atom. The van der Waals surface area contributed by atoms with Gasteiger partial charge in [0.15, 0.2) is 0 Å². The Kier molecular flexibility index (Phi) is 2.91. The van der Waals surface area contributed by atoms with Crippen molar-refractivity contribution < 1.29 is 18.3 Å². The van der Waals surface area contributed by atoms with Crippen LogP contribution in [0.3, 0.4) is 0 Å². The van der Waals surface area contributed by atoms with Gasteiger partial charge in [0.1, 0.15) is 0 Å². The zero-order valence-electron chi connectivity index (χ0n) is 11.7. The summed E-state index contributed by atoms with van der Waals surface area (Å²) in [5.74, 6) is 3.43. The highest BCUT2D eigenvalue weighted by molar-refractivity contribution is 5.26. The van der Waals surface area contributed by atoms with Crippen LogP contribution < -0.4 is 0 Å². The quantitative estimate of drug-likeness (QED) is 0.897. The molecule has 1 aromatic carbocycles. The van der Waals surface area contributed by atoms with Crippen molar-refractivity contribution in [2.75, 3.05) is 0 Å². The molecule has 4 heteroatoms. The van der Waals surface area contributed by atoms with E-state index in [1.54, 1.807) is 0 Å². The van der Waals surface area contributed by atoms with Gasteiger partial charge in [0.05, 0.1) is 11.7 Å². The predicted octanol–water partition coefficient (Wildman–Crippen LogP) is 3.90. The Hall–Kier alpha value is -1.03. The number of alkyl halides is 3. The lowest BCUT2D eigenvalue weighted by atomic mass is 9.95. The van der Waals surface area contributed by atoms with E-state index in [-0.39, 0.29) is 6.10 Å². The van der Waals surface area contributed by atoms with E-state index in [0.717, 1.165) is 29.5 Å². The summed E-state index contributed by atoms with van der Waals surface area (Å²) in [6.07, 6.45) is -0.220. The maximum absolute atomic E-state index is 12.5. The molecule has 0 radical (unpaired) electrons. The molecular formula is C17H19F3O. The van der Waals surface area contributed by atoms with Gasteiger partial charge in [-0.15, -0.1) is 0 Å². The van der Waals surface area contributed by atoms with E-state index in [1.165, 1.54) is 31.4 Å². The molecule has 3 fully saturated rings. The standard InChI is InChI=1S/C17H19F3O/c18-17(19,20)12-5-1-9(2-6-12)7-13(21)16-14-10-3-4-11(8-10)15(14)16/h1-2,5-6,10-11,13-16,21H,3-4,7-8H2. The third kappa shape index (κ3) is 2.19. The van der Waals surface area contributed by atoms with Crippen molar-refractivity contribution in [1.29, 1.82) is 0 Å². The molecule has 0 aromatic heterocycles. The molecule has 1 N–H and O–H groups in total. The highest BCUT2D eigenvalue weighted by Gasteiger charge is 2.66. The van der Waals surface area contributed by atoms with E-state index in [0.29, 0.717) is 24.2 Å². The van der Waals surface area contributed by atoms with Crippen molar-refractivity contribution in [2.45, 2.75) is 38.0 Å². The fourth-order valence-corrected chi connectivity index (χ4v) is 5.11. The van der Waals surface area contributed by atoms with Gasteiger partial charge >= 0.3 is 6.18 Å². The second kappa shape index (κ2) is 4.48. The van der Waals surface area contributed by atoms with Gasteiger partial charge in [-0.2, -0.15) is 13.2 Å². The zero-order valence-corrected chi connectivity index (χ0v) is 11.7. The number of hydrogen-bond donors (Lipinski definition) is 1. The number of fused-ring (bicyclic) bond motifs is 5. The molecular weight excluding hydrogens is 277 g/mol.